The lowest BCUT2D eigenvalue weighted by Crippen LogP contribution is -2.29. The molecule has 1 aliphatic heterocycles. The molecule has 146 valence electrons. The van der Waals surface area contributed by atoms with Crippen LogP contribution in [0.15, 0.2) is 9.95 Å². The number of nitrogens with zero attached hydrogens (tertiary/aromatic N) is 4. The summed E-state index contributed by atoms with van der Waals surface area (Å²) >= 11 is 3.10. The standard InChI is InChI=1S/C20H22N4O2S2/c21-8-2-4-13(10-22)12-27-20-23-18-17(15-6-1-7-16(15)28-18)19(25)24(20)11-14-5-3-9-26-14/h13-14H,1-7,9,11-12H2/t13-,14-/m1/s1. The number of aromatic nitrogens is 2. The average molecular weight is 415 g/mol. The van der Waals surface area contributed by atoms with Gasteiger partial charge in [0.1, 0.15) is 4.83 Å². The highest BCUT2D eigenvalue weighted by atomic mass is 32.2. The number of thioether (sulfide) groups is 1. The first-order valence-electron chi connectivity index (χ1n) is 9.77. The van der Waals surface area contributed by atoms with Gasteiger partial charge in [-0.15, -0.1) is 11.3 Å². The van der Waals surface area contributed by atoms with Crippen LogP contribution in [0.4, 0.5) is 0 Å². The number of nitriles is 2. The molecule has 3 heterocycles. The number of hydrogen-bond donors (Lipinski definition) is 0. The van der Waals surface area contributed by atoms with Crippen LogP contribution in [-0.4, -0.2) is 28.0 Å². The van der Waals surface area contributed by atoms with Crippen molar-refractivity contribution in [3.8, 4) is 12.1 Å². The van der Waals surface area contributed by atoms with E-state index < -0.39 is 0 Å². The van der Waals surface area contributed by atoms with E-state index >= 15 is 0 Å². The van der Waals surface area contributed by atoms with Crippen molar-refractivity contribution in [2.24, 2.45) is 5.92 Å². The Kier molecular flexibility index (Phi) is 6.01. The zero-order chi connectivity index (χ0) is 19.5. The quantitative estimate of drug-likeness (QED) is 0.507. The van der Waals surface area contributed by atoms with Crippen LogP contribution in [0.5, 0.6) is 0 Å². The Hall–Kier alpha value is -1.87. The Morgan fingerprint density at radius 2 is 2.25 bits per heavy atom. The first kappa shape index (κ1) is 19.4. The molecule has 0 unspecified atom stereocenters. The van der Waals surface area contributed by atoms with Gasteiger partial charge in [-0.1, -0.05) is 11.8 Å². The van der Waals surface area contributed by atoms with E-state index in [9.17, 15) is 10.1 Å². The van der Waals surface area contributed by atoms with Crippen molar-refractivity contribution in [1.82, 2.24) is 9.55 Å². The highest BCUT2D eigenvalue weighted by Crippen LogP contribution is 2.36. The van der Waals surface area contributed by atoms with E-state index in [-0.39, 0.29) is 17.6 Å². The zero-order valence-corrected chi connectivity index (χ0v) is 17.3. The molecule has 1 fully saturated rings. The minimum absolute atomic E-state index is 0.0351. The summed E-state index contributed by atoms with van der Waals surface area (Å²) < 4.78 is 7.54. The van der Waals surface area contributed by atoms with Crippen LogP contribution in [0.25, 0.3) is 10.2 Å². The molecule has 0 radical (unpaired) electrons. The van der Waals surface area contributed by atoms with Gasteiger partial charge in [-0.3, -0.25) is 9.36 Å². The molecule has 0 N–H and O–H groups in total. The fourth-order valence-corrected chi connectivity index (χ4v) is 6.29. The van der Waals surface area contributed by atoms with E-state index in [0.717, 1.165) is 48.9 Å². The van der Waals surface area contributed by atoms with Crippen molar-refractivity contribution >= 4 is 33.3 Å². The Bertz CT molecular complexity index is 1010. The summed E-state index contributed by atoms with van der Waals surface area (Å²) in [5, 5.41) is 19.6. The Labute approximate surface area is 172 Å². The van der Waals surface area contributed by atoms with Crippen molar-refractivity contribution in [3.05, 3.63) is 20.8 Å². The molecule has 2 aliphatic rings. The fourth-order valence-electron chi connectivity index (χ4n) is 3.92. The van der Waals surface area contributed by atoms with Crippen molar-refractivity contribution in [2.75, 3.05) is 12.4 Å². The van der Waals surface area contributed by atoms with Crippen LogP contribution >= 0.6 is 23.1 Å². The van der Waals surface area contributed by atoms with E-state index in [2.05, 4.69) is 12.1 Å². The minimum atomic E-state index is -0.221. The summed E-state index contributed by atoms with van der Waals surface area (Å²) in [4.78, 5) is 20.4. The lowest BCUT2D eigenvalue weighted by atomic mass is 10.1. The van der Waals surface area contributed by atoms with Gasteiger partial charge in [0.05, 0.1) is 36.1 Å². The first-order valence-corrected chi connectivity index (χ1v) is 11.6. The maximum Gasteiger partial charge on any atom is 0.263 e. The molecule has 6 nitrogen and oxygen atoms in total. The number of ether oxygens (including phenoxy) is 1. The molecule has 0 saturated carbocycles. The number of thiophene rings is 1. The van der Waals surface area contributed by atoms with Gasteiger partial charge in [0, 0.05) is 23.7 Å². The molecule has 28 heavy (non-hydrogen) atoms. The lowest BCUT2D eigenvalue weighted by Gasteiger charge is -2.16. The molecule has 2 aromatic rings. The molecule has 0 bridgehead atoms. The average Bonchev–Trinajstić information content (AvgIpc) is 3.42. The molecule has 4 rings (SSSR count). The molecule has 0 aromatic carbocycles. The van der Waals surface area contributed by atoms with Crippen LogP contribution in [0.3, 0.4) is 0 Å². The van der Waals surface area contributed by atoms with Gasteiger partial charge in [-0.25, -0.2) is 4.98 Å². The van der Waals surface area contributed by atoms with Crippen LogP contribution in [0.1, 0.15) is 42.5 Å². The smallest absolute Gasteiger partial charge is 0.263 e. The van der Waals surface area contributed by atoms with Gasteiger partial charge in [-0.05, 0) is 44.1 Å². The predicted octanol–water partition coefficient (Wildman–Crippen LogP) is 3.66. The molecule has 2 atom stereocenters. The van der Waals surface area contributed by atoms with E-state index in [1.165, 1.54) is 22.2 Å². The molecule has 0 amide bonds. The van der Waals surface area contributed by atoms with Crippen molar-refractivity contribution < 1.29 is 4.74 Å². The minimum Gasteiger partial charge on any atom is -0.376 e. The summed E-state index contributed by atoms with van der Waals surface area (Å²) in [6.07, 6.45) is 6.06. The van der Waals surface area contributed by atoms with Crippen molar-refractivity contribution in [3.63, 3.8) is 0 Å². The van der Waals surface area contributed by atoms with Crippen LogP contribution < -0.4 is 5.56 Å². The second-order valence-electron chi connectivity index (χ2n) is 7.32. The summed E-state index contributed by atoms with van der Waals surface area (Å²) in [5.41, 5.74) is 1.23. The normalized spacial score (nSPS) is 19.4. The molecular weight excluding hydrogens is 392 g/mol. The van der Waals surface area contributed by atoms with Gasteiger partial charge in [0.2, 0.25) is 0 Å². The van der Waals surface area contributed by atoms with Crippen LogP contribution in [0, 0.1) is 28.6 Å². The molecule has 0 spiro atoms. The topological polar surface area (TPSA) is 91.7 Å². The Morgan fingerprint density at radius 3 is 3.00 bits per heavy atom. The second kappa shape index (κ2) is 8.65. The summed E-state index contributed by atoms with van der Waals surface area (Å²) in [6, 6.07) is 4.37. The van der Waals surface area contributed by atoms with E-state index in [4.69, 9.17) is 15.0 Å². The fraction of sp³-hybridized carbons (Fsp3) is 0.600. The molecular formula is C20H22N4O2S2. The summed E-state index contributed by atoms with van der Waals surface area (Å²) in [6.45, 7) is 1.26. The van der Waals surface area contributed by atoms with Gasteiger partial charge in [-0.2, -0.15) is 10.5 Å². The number of fused-ring (bicyclic) bond motifs is 3. The molecule has 2 aromatic heterocycles. The van der Waals surface area contributed by atoms with Crippen molar-refractivity contribution in [2.45, 2.75) is 62.8 Å². The molecule has 1 aliphatic carbocycles. The zero-order valence-electron chi connectivity index (χ0n) is 15.6. The Morgan fingerprint density at radius 1 is 1.36 bits per heavy atom. The maximum atomic E-state index is 13.4. The summed E-state index contributed by atoms with van der Waals surface area (Å²) in [5.74, 6) is 0.314. The second-order valence-corrected chi connectivity index (χ2v) is 9.39. The van der Waals surface area contributed by atoms with E-state index in [1.54, 1.807) is 15.9 Å². The van der Waals surface area contributed by atoms with Crippen LogP contribution in [0.2, 0.25) is 0 Å². The predicted molar refractivity (Wildman–Crippen MR) is 110 cm³/mol. The van der Waals surface area contributed by atoms with E-state index in [1.807, 2.05) is 0 Å². The largest absolute Gasteiger partial charge is 0.376 e. The van der Waals surface area contributed by atoms with Crippen LogP contribution in [-0.2, 0) is 24.1 Å². The SMILES string of the molecule is N#CCC[C@H](C#N)CSc1nc2sc3c(c2c(=O)n1C[C@H]1CCCO1)CCC3. The number of rotatable bonds is 7. The third-order valence-electron chi connectivity index (χ3n) is 5.40. The molecule has 8 heteroatoms. The van der Waals surface area contributed by atoms with Gasteiger partial charge in [0.15, 0.2) is 5.16 Å². The van der Waals surface area contributed by atoms with E-state index in [0.29, 0.717) is 30.3 Å². The van der Waals surface area contributed by atoms with Gasteiger partial charge in [0.25, 0.3) is 5.56 Å². The lowest BCUT2D eigenvalue weighted by molar-refractivity contribution is 0.0937. The third-order valence-corrected chi connectivity index (χ3v) is 7.73. The summed E-state index contributed by atoms with van der Waals surface area (Å²) in [7, 11) is 0. The first-order chi connectivity index (χ1) is 13.7. The highest BCUT2D eigenvalue weighted by Gasteiger charge is 2.25. The monoisotopic (exact) mass is 414 g/mol. The number of aryl methyl sites for hydroxylation is 2. The van der Waals surface area contributed by atoms with Gasteiger partial charge < -0.3 is 4.74 Å². The number of hydrogen-bond acceptors (Lipinski definition) is 7. The van der Waals surface area contributed by atoms with Gasteiger partial charge >= 0.3 is 0 Å². The third kappa shape index (κ3) is 3.82. The van der Waals surface area contributed by atoms with Crippen molar-refractivity contribution in [1.29, 1.82) is 10.5 Å². The Balaban J connectivity index is 1.68. The maximum absolute atomic E-state index is 13.4. The molecule has 1 saturated heterocycles. The highest BCUT2D eigenvalue weighted by molar-refractivity contribution is 7.99.